The molecule has 0 aliphatic heterocycles. The lowest BCUT2D eigenvalue weighted by Gasteiger charge is -2.31. The second kappa shape index (κ2) is 16.3. The molecule has 0 saturated heterocycles. The van der Waals surface area contributed by atoms with E-state index in [1.165, 1.54) is 12.1 Å². The second-order valence-corrected chi connectivity index (χ2v) is 15.5. The molecule has 0 unspecified atom stereocenters. The minimum atomic E-state index is -0.872. The Morgan fingerprint density at radius 3 is 1.41 bits per heavy atom. The molecule has 310 valence electrons. The van der Waals surface area contributed by atoms with Crippen molar-refractivity contribution >= 4 is 77.8 Å². The van der Waals surface area contributed by atoms with Crippen LogP contribution in [0.3, 0.4) is 0 Å². The summed E-state index contributed by atoms with van der Waals surface area (Å²) in [4.78, 5) is 10.5. The van der Waals surface area contributed by atoms with Crippen molar-refractivity contribution in [1.82, 2.24) is 0 Å². The maximum absolute atomic E-state index is 16.8. The van der Waals surface area contributed by atoms with Crippen molar-refractivity contribution in [2.24, 2.45) is 0 Å². The van der Waals surface area contributed by atoms with Crippen molar-refractivity contribution in [2.75, 3.05) is 9.80 Å². The third kappa shape index (κ3) is 6.89. The molecule has 0 fully saturated rings. The number of hydrogen-bond acceptors (Lipinski definition) is 4. The highest BCUT2D eigenvalue weighted by atomic mass is 19.1. The van der Waals surface area contributed by atoms with Gasteiger partial charge in [-0.2, -0.15) is 10.5 Å². The molecule has 0 aliphatic carbocycles. The van der Waals surface area contributed by atoms with Crippen molar-refractivity contribution in [3.05, 3.63) is 227 Å². The molecule has 0 N–H and O–H groups in total. The van der Waals surface area contributed by atoms with Crippen molar-refractivity contribution in [3.63, 3.8) is 0 Å². The van der Waals surface area contributed by atoms with Gasteiger partial charge >= 0.3 is 0 Å². The van der Waals surface area contributed by atoms with Gasteiger partial charge in [0.15, 0.2) is 23.0 Å². The van der Waals surface area contributed by atoms with Crippen LogP contribution < -0.4 is 9.80 Å². The number of nitriles is 2. The van der Waals surface area contributed by atoms with Gasteiger partial charge in [0.1, 0.15) is 11.6 Å². The van der Waals surface area contributed by atoms with Crippen molar-refractivity contribution in [2.45, 2.75) is 0 Å². The average Bonchev–Trinajstić information content (AvgIpc) is 3.35. The normalized spacial score (nSPS) is 11.0. The van der Waals surface area contributed by atoms with Crippen LogP contribution in [0.4, 0.5) is 63.1 Å². The van der Waals surface area contributed by atoms with Crippen LogP contribution >= 0.6 is 0 Å². The molecule has 0 aromatic heterocycles. The van der Waals surface area contributed by atoms with Crippen molar-refractivity contribution in [3.8, 4) is 34.4 Å². The molecule has 10 aromatic carbocycles. The van der Waals surface area contributed by atoms with Crippen LogP contribution in [0.5, 0.6) is 0 Å². The van der Waals surface area contributed by atoms with Gasteiger partial charge in [0.25, 0.3) is 0 Å². The van der Waals surface area contributed by atoms with Gasteiger partial charge in [0.2, 0.25) is 0 Å². The first kappa shape index (κ1) is 40.6. The first-order valence-corrected chi connectivity index (χ1v) is 20.4. The average molecular weight is 861 g/mol. The molecule has 10 aromatic rings. The van der Waals surface area contributed by atoms with Gasteiger partial charge in [-0.3, -0.25) is 0 Å². The zero-order valence-electron chi connectivity index (χ0n) is 34.4. The van der Waals surface area contributed by atoms with E-state index in [0.29, 0.717) is 61.5 Å². The van der Waals surface area contributed by atoms with Crippen LogP contribution in [-0.4, -0.2) is 0 Å². The summed E-state index contributed by atoms with van der Waals surface area (Å²) >= 11 is 0. The fourth-order valence-corrected chi connectivity index (χ4v) is 8.82. The lowest BCUT2D eigenvalue weighted by molar-refractivity contribution is 0.584. The Balaban J connectivity index is 1.27. The van der Waals surface area contributed by atoms with E-state index in [1.54, 1.807) is 107 Å². The van der Waals surface area contributed by atoms with E-state index in [9.17, 15) is 10.5 Å². The molecule has 0 aliphatic rings. The second-order valence-electron chi connectivity index (χ2n) is 15.5. The molecule has 66 heavy (non-hydrogen) atoms. The fraction of sp³-hybridized carbons (Fsp3) is 0. The molecule has 10 rings (SSSR count). The first-order chi connectivity index (χ1) is 32.2. The van der Waals surface area contributed by atoms with Gasteiger partial charge in [-0.05, 0) is 112 Å². The van der Waals surface area contributed by atoms with Crippen LogP contribution in [0.15, 0.2) is 170 Å². The Kier molecular flexibility index (Phi) is 10.0. The summed E-state index contributed by atoms with van der Waals surface area (Å²) in [5.41, 5.74) is 4.47. The van der Waals surface area contributed by atoms with E-state index in [0.717, 1.165) is 33.7 Å². The SMILES string of the molecule is [C-]#[N+]c1ccc(N(c2c(F)cc(F)cc2-c2cccc([N+]#[C-])c2)c2ccc3ccc4c(N(c5ccc(C#N)cc5)c5c(F)cc(F)cc5-c5cccc(C#N)c5)ccc5ccc2c3c54)cc1. The van der Waals surface area contributed by atoms with E-state index in [4.69, 9.17) is 13.1 Å². The zero-order valence-corrected chi connectivity index (χ0v) is 34.4. The van der Waals surface area contributed by atoms with E-state index < -0.39 is 23.3 Å². The highest BCUT2D eigenvalue weighted by molar-refractivity contribution is 6.28. The van der Waals surface area contributed by atoms with E-state index in [1.807, 2.05) is 48.5 Å². The van der Waals surface area contributed by atoms with Crippen LogP contribution in [0.25, 0.3) is 64.3 Å². The van der Waals surface area contributed by atoms with Gasteiger partial charge in [-0.1, -0.05) is 78.9 Å². The van der Waals surface area contributed by atoms with Crippen LogP contribution in [0.2, 0.25) is 0 Å². The number of nitrogens with zero attached hydrogens (tertiary/aromatic N) is 6. The fourth-order valence-electron chi connectivity index (χ4n) is 8.82. The molecule has 0 spiro atoms. The van der Waals surface area contributed by atoms with E-state index >= 15 is 17.6 Å². The standard InChI is InChI=1S/C56H28F4N6/c1-63-41-15-19-44(20-16-41)66(56-48(28-40(58)30-50(56)60)38-7-4-8-42(26-38)64-2)52-24-14-36-11-21-45-51(23-13-35-12-22-46(52)54(36)53(35)45)65(43-17-9-33(31-61)10-18-43)55-47(27-39(57)29-49(55)59)37-6-3-5-34(25-37)32-62/h3-30H. The Hall–Kier alpha value is -9.48. The maximum atomic E-state index is 16.8. The summed E-state index contributed by atoms with van der Waals surface area (Å²) in [5.74, 6) is -3.36. The monoisotopic (exact) mass is 860 g/mol. The molecule has 10 heteroatoms. The number of halogens is 4. The predicted octanol–water partition coefficient (Wildman–Crippen LogP) is 16.3. The summed E-state index contributed by atoms with van der Waals surface area (Å²) in [6.07, 6.45) is 0. The molecule has 0 bridgehead atoms. The summed E-state index contributed by atoms with van der Waals surface area (Å²) in [6, 6.07) is 49.8. The van der Waals surface area contributed by atoms with E-state index in [2.05, 4.69) is 21.8 Å². The van der Waals surface area contributed by atoms with Crippen LogP contribution in [-0.2, 0) is 0 Å². The Labute approximate surface area is 375 Å². The smallest absolute Gasteiger partial charge is 0.187 e. The topological polar surface area (TPSA) is 62.8 Å². The molecule has 0 amide bonds. The highest BCUT2D eigenvalue weighted by Gasteiger charge is 2.28. The lowest BCUT2D eigenvalue weighted by atomic mass is 9.91. The maximum Gasteiger partial charge on any atom is 0.187 e. The zero-order chi connectivity index (χ0) is 45.6. The molecular formula is C56H28F4N6. The number of hydrogen-bond donors (Lipinski definition) is 0. The number of benzene rings is 10. The van der Waals surface area contributed by atoms with Gasteiger partial charge in [0.05, 0.1) is 59.2 Å². The van der Waals surface area contributed by atoms with Gasteiger partial charge in [-0.15, -0.1) is 0 Å². The third-order valence-corrected chi connectivity index (χ3v) is 11.7. The minimum Gasteiger partial charge on any atom is -0.307 e. The highest BCUT2D eigenvalue weighted by Crippen LogP contribution is 2.51. The first-order valence-electron chi connectivity index (χ1n) is 20.4. The van der Waals surface area contributed by atoms with Crippen molar-refractivity contribution < 1.29 is 17.6 Å². The Morgan fingerprint density at radius 1 is 0.439 bits per heavy atom. The third-order valence-electron chi connectivity index (χ3n) is 11.7. The number of anilines is 6. The minimum absolute atomic E-state index is 0.00237. The Bertz CT molecular complexity index is 3520. The molecule has 0 atom stereocenters. The molecular weight excluding hydrogens is 833 g/mol. The largest absolute Gasteiger partial charge is 0.307 e. The van der Waals surface area contributed by atoms with Crippen molar-refractivity contribution in [1.29, 1.82) is 10.5 Å². The molecule has 0 radical (unpaired) electrons. The summed E-state index contributed by atoms with van der Waals surface area (Å²) in [6.45, 7) is 15.3. The molecule has 0 heterocycles. The summed E-state index contributed by atoms with van der Waals surface area (Å²) in [7, 11) is 0. The molecule has 0 saturated carbocycles. The quantitative estimate of drug-likeness (QED) is 0.0867. The number of rotatable bonds is 8. The summed E-state index contributed by atoms with van der Waals surface area (Å²) < 4.78 is 64.3. The van der Waals surface area contributed by atoms with Gasteiger partial charge in [-0.25, -0.2) is 27.3 Å². The van der Waals surface area contributed by atoms with Crippen LogP contribution in [0.1, 0.15) is 11.1 Å². The predicted molar refractivity (Wildman–Crippen MR) is 252 cm³/mol. The summed E-state index contributed by atoms with van der Waals surface area (Å²) in [5, 5.41) is 24.0. The van der Waals surface area contributed by atoms with E-state index in [-0.39, 0.29) is 28.2 Å². The Morgan fingerprint density at radius 2 is 0.909 bits per heavy atom. The van der Waals surface area contributed by atoms with Crippen LogP contribution in [0, 0.1) is 59.1 Å². The molecule has 6 nitrogen and oxygen atoms in total. The van der Waals surface area contributed by atoms with Gasteiger partial charge < -0.3 is 9.80 Å². The lowest BCUT2D eigenvalue weighted by Crippen LogP contribution is -2.15. The van der Waals surface area contributed by atoms with Gasteiger partial charge in [0, 0.05) is 45.4 Å².